The van der Waals surface area contributed by atoms with Gasteiger partial charge in [0.2, 0.25) is 5.91 Å². The lowest BCUT2D eigenvalue weighted by atomic mass is 10.0. The first-order chi connectivity index (χ1) is 21.6. The van der Waals surface area contributed by atoms with Crippen molar-refractivity contribution in [2.75, 3.05) is 40.4 Å². The highest BCUT2D eigenvalue weighted by Gasteiger charge is 2.34. The van der Waals surface area contributed by atoms with Crippen LogP contribution >= 0.6 is 11.8 Å². The molecular weight excluding hydrogens is 590 g/mol. The van der Waals surface area contributed by atoms with Crippen LogP contribution in [0.1, 0.15) is 40.3 Å². The van der Waals surface area contributed by atoms with E-state index in [0.29, 0.717) is 41.7 Å². The predicted molar refractivity (Wildman–Crippen MR) is 178 cm³/mol. The average molecular weight is 632 g/mol. The molecule has 10 heteroatoms. The minimum absolute atomic E-state index is 0.0915. The Morgan fingerprint density at radius 1 is 0.933 bits per heavy atom. The van der Waals surface area contributed by atoms with Crippen molar-refractivity contribution in [2.24, 2.45) is 0 Å². The minimum atomic E-state index is -0.388. The van der Waals surface area contributed by atoms with E-state index in [1.807, 2.05) is 25.7 Å². The van der Waals surface area contributed by atoms with E-state index in [1.165, 1.54) is 12.7 Å². The third-order valence-corrected chi connectivity index (χ3v) is 8.39. The molecule has 1 fully saturated rings. The van der Waals surface area contributed by atoms with Crippen molar-refractivity contribution in [2.45, 2.75) is 40.8 Å². The number of methoxy groups -OCH3 is 2. The molecule has 9 nitrogen and oxygen atoms in total. The zero-order valence-electron chi connectivity index (χ0n) is 26.8. The Balaban J connectivity index is 1.27. The first-order valence-electron chi connectivity index (χ1n) is 14.9. The lowest BCUT2D eigenvalue weighted by molar-refractivity contribution is -0.124. The fourth-order valence-corrected chi connectivity index (χ4v) is 5.95. The topological polar surface area (TPSA) is 97.4 Å². The lowest BCUT2D eigenvalue weighted by Crippen LogP contribution is -2.41. The van der Waals surface area contributed by atoms with Crippen LogP contribution in [0.4, 0.5) is 4.79 Å². The third kappa shape index (κ3) is 8.89. The van der Waals surface area contributed by atoms with Gasteiger partial charge in [-0.1, -0.05) is 55.0 Å². The molecule has 0 spiro atoms. The van der Waals surface area contributed by atoms with Gasteiger partial charge in [-0.15, -0.1) is 0 Å². The van der Waals surface area contributed by atoms with E-state index in [4.69, 9.17) is 14.2 Å². The molecule has 1 aliphatic heterocycles. The van der Waals surface area contributed by atoms with Gasteiger partial charge in [-0.25, -0.2) is 0 Å². The summed E-state index contributed by atoms with van der Waals surface area (Å²) in [6.45, 7) is 10.4. The molecule has 45 heavy (non-hydrogen) atoms. The summed E-state index contributed by atoms with van der Waals surface area (Å²) in [6, 6.07) is 17.8. The number of imide groups is 1. The first kappa shape index (κ1) is 33.6. The molecule has 3 amide bonds. The number of amides is 3. The molecule has 1 saturated heterocycles. The lowest BCUT2D eigenvalue weighted by Gasteiger charge is -2.22. The number of hydrogen-bond donors (Lipinski definition) is 1. The second kappa shape index (κ2) is 15.6. The molecule has 238 valence electrons. The SMILES string of the molecule is CCN(CC(=O)NCCN1C(=O)S/C(=C/c2ccc(OC)c(OC)c2)C1=O)Cc1cc(C)c(OCc2ccc(C)cc2)c(C)c1. The van der Waals surface area contributed by atoms with Crippen LogP contribution in [0.5, 0.6) is 17.2 Å². The van der Waals surface area contributed by atoms with E-state index < -0.39 is 0 Å². The van der Waals surface area contributed by atoms with Crippen molar-refractivity contribution in [3.8, 4) is 17.2 Å². The number of benzene rings is 3. The zero-order chi connectivity index (χ0) is 32.5. The highest BCUT2D eigenvalue weighted by atomic mass is 32.2. The number of thioether (sulfide) groups is 1. The number of carbonyl (C=O) groups excluding carboxylic acids is 3. The second-order valence-corrected chi connectivity index (χ2v) is 11.9. The molecule has 1 N–H and O–H groups in total. The monoisotopic (exact) mass is 631 g/mol. The van der Waals surface area contributed by atoms with Gasteiger partial charge >= 0.3 is 0 Å². The van der Waals surface area contributed by atoms with Gasteiger partial charge in [0.25, 0.3) is 11.1 Å². The van der Waals surface area contributed by atoms with Crippen LogP contribution in [0.15, 0.2) is 59.5 Å². The molecular formula is C35H41N3O6S. The fraction of sp³-hybridized carbons (Fsp3) is 0.343. The van der Waals surface area contributed by atoms with E-state index >= 15 is 0 Å². The molecule has 1 aliphatic rings. The molecule has 0 atom stereocenters. The molecule has 0 aromatic heterocycles. The summed E-state index contributed by atoms with van der Waals surface area (Å²) < 4.78 is 16.7. The van der Waals surface area contributed by atoms with E-state index in [0.717, 1.165) is 44.7 Å². The minimum Gasteiger partial charge on any atom is -0.493 e. The van der Waals surface area contributed by atoms with Crippen LogP contribution in [-0.4, -0.2) is 67.3 Å². The Hall–Kier alpha value is -4.28. The molecule has 0 radical (unpaired) electrons. The van der Waals surface area contributed by atoms with Crippen molar-refractivity contribution in [1.82, 2.24) is 15.1 Å². The van der Waals surface area contributed by atoms with Crippen molar-refractivity contribution in [3.63, 3.8) is 0 Å². The van der Waals surface area contributed by atoms with Crippen LogP contribution in [0.25, 0.3) is 6.08 Å². The number of likely N-dealkylation sites (N-methyl/N-ethyl adjacent to an activating group) is 1. The van der Waals surface area contributed by atoms with Gasteiger partial charge in [-0.3, -0.25) is 24.2 Å². The van der Waals surface area contributed by atoms with Crippen LogP contribution in [0.3, 0.4) is 0 Å². The van der Waals surface area contributed by atoms with Crippen molar-refractivity contribution in [3.05, 3.63) is 92.9 Å². The first-order valence-corrected chi connectivity index (χ1v) is 15.7. The Kier molecular flexibility index (Phi) is 11.7. The van der Waals surface area contributed by atoms with E-state index in [2.05, 4.69) is 48.6 Å². The maximum Gasteiger partial charge on any atom is 0.293 e. The van der Waals surface area contributed by atoms with Crippen LogP contribution in [0, 0.1) is 20.8 Å². The maximum absolute atomic E-state index is 12.9. The smallest absolute Gasteiger partial charge is 0.293 e. The van der Waals surface area contributed by atoms with Gasteiger partial charge < -0.3 is 19.5 Å². The summed E-state index contributed by atoms with van der Waals surface area (Å²) >= 11 is 0.876. The van der Waals surface area contributed by atoms with Crippen molar-refractivity contribution < 1.29 is 28.6 Å². The Morgan fingerprint density at radius 2 is 1.62 bits per heavy atom. The average Bonchev–Trinajstić information content (AvgIpc) is 3.28. The predicted octanol–water partition coefficient (Wildman–Crippen LogP) is 5.88. The fourth-order valence-electron chi connectivity index (χ4n) is 5.09. The van der Waals surface area contributed by atoms with Gasteiger partial charge in [-0.2, -0.15) is 0 Å². The summed E-state index contributed by atoms with van der Waals surface area (Å²) in [4.78, 5) is 41.8. The maximum atomic E-state index is 12.9. The van der Waals surface area contributed by atoms with Gasteiger partial charge in [-0.05, 0) is 85.1 Å². The summed E-state index contributed by atoms with van der Waals surface area (Å²) in [5.41, 5.74) is 6.25. The summed E-state index contributed by atoms with van der Waals surface area (Å²) in [6.07, 6.45) is 1.65. The number of aryl methyl sites for hydroxylation is 3. The molecule has 4 rings (SSSR count). The number of hydrogen-bond acceptors (Lipinski definition) is 8. The van der Waals surface area contributed by atoms with Gasteiger partial charge in [0.05, 0.1) is 25.7 Å². The number of rotatable bonds is 14. The largest absolute Gasteiger partial charge is 0.493 e. The normalized spacial score (nSPS) is 13.9. The van der Waals surface area contributed by atoms with E-state index in [9.17, 15) is 14.4 Å². The van der Waals surface area contributed by atoms with E-state index in [-0.39, 0.29) is 36.7 Å². The van der Waals surface area contributed by atoms with Gasteiger partial charge in [0.15, 0.2) is 11.5 Å². The molecule has 3 aromatic rings. The van der Waals surface area contributed by atoms with Crippen LogP contribution < -0.4 is 19.5 Å². The van der Waals surface area contributed by atoms with Gasteiger partial charge in [0.1, 0.15) is 12.4 Å². The molecule has 0 aliphatic carbocycles. The Morgan fingerprint density at radius 3 is 2.27 bits per heavy atom. The molecule has 0 bridgehead atoms. The summed E-state index contributed by atoms with van der Waals surface area (Å²) in [5.74, 6) is 1.42. The molecule has 1 heterocycles. The molecule has 0 unspecified atom stereocenters. The zero-order valence-corrected chi connectivity index (χ0v) is 27.6. The third-order valence-electron chi connectivity index (χ3n) is 7.48. The Labute approximate surface area is 269 Å². The Bertz CT molecular complexity index is 1550. The number of carbonyl (C=O) groups is 3. The van der Waals surface area contributed by atoms with Crippen LogP contribution in [-0.2, 0) is 22.7 Å². The standard InChI is InChI=1S/C35H41N3O6S/c1-7-37(20-28-16-24(3)33(25(4)17-28)44-22-26-10-8-23(2)9-11-26)21-32(39)36-14-15-38-34(40)31(45-35(38)41)19-27-12-13-29(42-5)30(18-27)43-6/h8-13,16-19H,7,14-15,20-22H2,1-6H3,(H,36,39)/b31-19+. The number of nitrogens with zero attached hydrogens (tertiary/aromatic N) is 2. The quantitative estimate of drug-likeness (QED) is 0.220. The highest BCUT2D eigenvalue weighted by molar-refractivity contribution is 8.18. The summed E-state index contributed by atoms with van der Waals surface area (Å²) in [7, 11) is 3.08. The second-order valence-electron chi connectivity index (χ2n) is 10.9. The highest BCUT2D eigenvalue weighted by Crippen LogP contribution is 2.34. The van der Waals surface area contributed by atoms with Gasteiger partial charge in [0, 0.05) is 19.6 Å². The van der Waals surface area contributed by atoms with Crippen molar-refractivity contribution in [1.29, 1.82) is 0 Å². The van der Waals surface area contributed by atoms with Crippen LogP contribution in [0.2, 0.25) is 0 Å². The number of nitrogens with one attached hydrogen (secondary N) is 1. The number of ether oxygens (including phenoxy) is 3. The molecule has 3 aromatic carbocycles. The van der Waals surface area contributed by atoms with E-state index in [1.54, 1.807) is 31.4 Å². The summed E-state index contributed by atoms with van der Waals surface area (Å²) in [5, 5.41) is 2.49. The molecule has 0 saturated carbocycles. The van der Waals surface area contributed by atoms with Crippen molar-refractivity contribution >= 4 is 34.9 Å².